The first-order valence-electron chi connectivity index (χ1n) is 8.09. The second-order valence-corrected chi connectivity index (χ2v) is 6.17. The molecule has 4 aromatic heterocycles. The molecule has 0 amide bonds. The number of aryl methyl sites for hydroxylation is 1. The van der Waals surface area contributed by atoms with Gasteiger partial charge in [0.15, 0.2) is 23.2 Å². The van der Waals surface area contributed by atoms with Crippen molar-refractivity contribution in [2.75, 3.05) is 0 Å². The second-order valence-electron chi connectivity index (χ2n) is 5.65. The fraction of sp³-hybridized carbons (Fsp3) is 0.235. The van der Waals surface area contributed by atoms with E-state index in [0.717, 1.165) is 11.3 Å². The minimum absolute atomic E-state index is 0.415. The number of hydrogen-bond donors (Lipinski definition) is 1. The Morgan fingerprint density at radius 2 is 2.15 bits per heavy atom. The lowest BCUT2D eigenvalue weighted by molar-refractivity contribution is 0.422. The molecule has 0 aliphatic rings. The number of pyridine rings is 1. The Morgan fingerprint density at radius 1 is 1.27 bits per heavy atom. The molecule has 0 N–H and O–H groups in total. The zero-order valence-corrected chi connectivity index (χ0v) is 15.1. The molecule has 132 valence electrons. The van der Waals surface area contributed by atoms with Crippen LogP contribution in [0.3, 0.4) is 0 Å². The molecule has 4 rings (SSSR count). The van der Waals surface area contributed by atoms with E-state index in [1.54, 1.807) is 12.5 Å². The number of furan rings is 1. The Morgan fingerprint density at radius 3 is 2.88 bits per heavy atom. The van der Waals surface area contributed by atoms with Crippen molar-refractivity contribution in [3.8, 4) is 23.0 Å². The van der Waals surface area contributed by atoms with Crippen LogP contribution in [0.4, 0.5) is 0 Å². The molecule has 1 unspecified atom stereocenters. The predicted octanol–water partition coefficient (Wildman–Crippen LogP) is 3.33. The largest absolute Gasteiger partial charge is 0.461 e. The van der Waals surface area contributed by atoms with Gasteiger partial charge < -0.3 is 13.5 Å². The van der Waals surface area contributed by atoms with Gasteiger partial charge in [-0.2, -0.15) is 17.6 Å². The minimum Gasteiger partial charge on any atom is -0.461 e. The Kier molecular flexibility index (Phi) is 4.29. The number of nitrogens with zero attached hydrogens (tertiary/aromatic N) is 6. The Hall–Kier alpha value is -2.94. The van der Waals surface area contributed by atoms with E-state index < -0.39 is 5.25 Å². The first-order valence-corrected chi connectivity index (χ1v) is 8.60. The number of hydrogen-bond acceptors (Lipinski definition) is 8. The molecular formula is C17H16N6O2S. The zero-order chi connectivity index (χ0) is 18.1. The summed E-state index contributed by atoms with van der Waals surface area (Å²) in [6.45, 7) is 4.56. The molecule has 26 heavy (non-hydrogen) atoms. The van der Waals surface area contributed by atoms with E-state index >= 15 is 0 Å². The molecule has 4 aromatic rings. The van der Waals surface area contributed by atoms with Crippen LogP contribution < -0.4 is 0 Å². The molecule has 0 aliphatic carbocycles. The van der Waals surface area contributed by atoms with Crippen molar-refractivity contribution in [1.29, 1.82) is 0 Å². The van der Waals surface area contributed by atoms with Crippen molar-refractivity contribution in [1.82, 2.24) is 29.9 Å². The van der Waals surface area contributed by atoms with Crippen LogP contribution in [0, 0.1) is 6.92 Å². The standard InChI is InChI=1S/C17H16N6O2S/c1-3-23-15(12-5-4-8-24-12)20-21-16(23)13(26)14-19-17(25-22-14)11-6-7-18-10(2)9-11/h4-9,13,26H,3H2,1-2H3. The molecule has 0 aliphatic heterocycles. The van der Waals surface area contributed by atoms with Crippen LogP contribution in [0.1, 0.15) is 29.5 Å². The smallest absolute Gasteiger partial charge is 0.258 e. The summed E-state index contributed by atoms with van der Waals surface area (Å²) in [6.07, 6.45) is 3.31. The average molecular weight is 368 g/mol. The second kappa shape index (κ2) is 6.75. The highest BCUT2D eigenvalue weighted by atomic mass is 32.1. The summed E-state index contributed by atoms with van der Waals surface area (Å²) < 4.78 is 12.7. The zero-order valence-electron chi connectivity index (χ0n) is 14.2. The summed E-state index contributed by atoms with van der Waals surface area (Å²) in [4.78, 5) is 8.63. The number of rotatable bonds is 5. The lowest BCUT2D eigenvalue weighted by Gasteiger charge is -2.09. The van der Waals surface area contributed by atoms with Crippen molar-refractivity contribution in [3.63, 3.8) is 0 Å². The fourth-order valence-electron chi connectivity index (χ4n) is 2.67. The van der Waals surface area contributed by atoms with E-state index in [9.17, 15) is 0 Å². The summed E-state index contributed by atoms with van der Waals surface area (Å²) in [7, 11) is 0. The predicted molar refractivity (Wildman–Crippen MR) is 96.5 cm³/mol. The van der Waals surface area contributed by atoms with E-state index in [4.69, 9.17) is 8.94 Å². The SMILES string of the molecule is CCn1c(-c2ccco2)nnc1C(S)c1noc(-c2ccnc(C)c2)n1. The van der Waals surface area contributed by atoms with Gasteiger partial charge in [0.2, 0.25) is 0 Å². The van der Waals surface area contributed by atoms with Crippen molar-refractivity contribution >= 4 is 12.6 Å². The minimum atomic E-state index is -0.480. The monoisotopic (exact) mass is 368 g/mol. The third kappa shape index (κ3) is 2.90. The lowest BCUT2D eigenvalue weighted by atomic mass is 10.2. The van der Waals surface area contributed by atoms with Crippen molar-refractivity contribution in [2.45, 2.75) is 25.6 Å². The van der Waals surface area contributed by atoms with Crippen molar-refractivity contribution in [2.24, 2.45) is 0 Å². The van der Waals surface area contributed by atoms with Gasteiger partial charge in [-0.15, -0.1) is 10.2 Å². The van der Waals surface area contributed by atoms with Gasteiger partial charge in [-0.05, 0) is 38.1 Å². The topological polar surface area (TPSA) is 95.7 Å². The molecule has 4 heterocycles. The summed E-state index contributed by atoms with van der Waals surface area (Å²) in [5.41, 5.74) is 1.68. The third-order valence-corrected chi connectivity index (χ3v) is 4.37. The number of thiol groups is 1. The van der Waals surface area contributed by atoms with Gasteiger partial charge in [-0.1, -0.05) is 5.16 Å². The van der Waals surface area contributed by atoms with Crippen LogP contribution in [0.15, 0.2) is 45.7 Å². The summed E-state index contributed by atoms with van der Waals surface area (Å²) in [5, 5.41) is 12.1. The number of aromatic nitrogens is 6. The van der Waals surface area contributed by atoms with Crippen LogP contribution >= 0.6 is 12.6 Å². The highest BCUT2D eigenvalue weighted by molar-refractivity contribution is 7.80. The molecule has 8 nitrogen and oxygen atoms in total. The van der Waals surface area contributed by atoms with Gasteiger partial charge in [0, 0.05) is 24.0 Å². The van der Waals surface area contributed by atoms with Gasteiger partial charge in [0.25, 0.3) is 5.89 Å². The highest BCUT2D eigenvalue weighted by Crippen LogP contribution is 2.30. The maximum Gasteiger partial charge on any atom is 0.258 e. The van der Waals surface area contributed by atoms with Crippen LogP contribution in [-0.4, -0.2) is 29.9 Å². The van der Waals surface area contributed by atoms with E-state index in [0.29, 0.717) is 35.7 Å². The third-order valence-electron chi connectivity index (χ3n) is 3.91. The van der Waals surface area contributed by atoms with Crippen molar-refractivity contribution < 1.29 is 8.94 Å². The molecular weight excluding hydrogens is 352 g/mol. The Bertz CT molecular complexity index is 1020. The Labute approximate surface area is 154 Å². The molecule has 0 aromatic carbocycles. The van der Waals surface area contributed by atoms with Gasteiger partial charge in [-0.3, -0.25) is 4.98 Å². The van der Waals surface area contributed by atoms with E-state index in [1.807, 2.05) is 42.7 Å². The molecule has 0 saturated carbocycles. The summed E-state index contributed by atoms with van der Waals surface area (Å²) in [6, 6.07) is 7.35. The molecule has 0 spiro atoms. The Balaban J connectivity index is 1.68. The maximum absolute atomic E-state index is 5.43. The molecule has 0 saturated heterocycles. The van der Waals surface area contributed by atoms with Gasteiger partial charge >= 0.3 is 0 Å². The van der Waals surface area contributed by atoms with E-state index in [-0.39, 0.29) is 0 Å². The lowest BCUT2D eigenvalue weighted by Crippen LogP contribution is -2.08. The van der Waals surface area contributed by atoms with Gasteiger partial charge in [-0.25, -0.2) is 0 Å². The first kappa shape index (κ1) is 16.5. The molecule has 0 bridgehead atoms. The molecule has 0 fully saturated rings. The fourth-order valence-corrected chi connectivity index (χ4v) is 2.97. The van der Waals surface area contributed by atoms with Gasteiger partial charge in [0.05, 0.1) is 6.26 Å². The summed E-state index contributed by atoms with van der Waals surface area (Å²) in [5.74, 6) is 2.75. The average Bonchev–Trinajstić information content (AvgIpc) is 3.40. The first-order chi connectivity index (χ1) is 12.7. The van der Waals surface area contributed by atoms with Crippen LogP contribution in [0.5, 0.6) is 0 Å². The van der Waals surface area contributed by atoms with E-state index in [1.165, 1.54) is 0 Å². The normalized spacial score (nSPS) is 12.4. The van der Waals surface area contributed by atoms with Crippen LogP contribution in [0.2, 0.25) is 0 Å². The molecule has 1 atom stereocenters. The quantitative estimate of drug-likeness (QED) is 0.540. The van der Waals surface area contributed by atoms with Crippen LogP contribution in [0.25, 0.3) is 23.0 Å². The molecule has 9 heteroatoms. The van der Waals surface area contributed by atoms with Crippen molar-refractivity contribution in [3.05, 3.63) is 54.1 Å². The molecule has 0 radical (unpaired) electrons. The summed E-state index contributed by atoms with van der Waals surface area (Å²) >= 11 is 4.64. The van der Waals surface area contributed by atoms with Crippen LogP contribution in [-0.2, 0) is 6.54 Å². The van der Waals surface area contributed by atoms with Gasteiger partial charge in [0.1, 0.15) is 5.25 Å². The highest BCUT2D eigenvalue weighted by Gasteiger charge is 2.25. The maximum atomic E-state index is 5.43. The van der Waals surface area contributed by atoms with E-state index in [2.05, 4.69) is 38.0 Å².